The second kappa shape index (κ2) is 5.59. The molecule has 0 aliphatic carbocycles. The van der Waals surface area contributed by atoms with Crippen LogP contribution >= 0.6 is 0 Å². The monoisotopic (exact) mass is 309 g/mol. The highest BCUT2D eigenvalue weighted by molar-refractivity contribution is 7.89. The summed E-state index contributed by atoms with van der Waals surface area (Å²) in [5, 5.41) is 3.46. The van der Waals surface area contributed by atoms with Gasteiger partial charge < -0.3 is 10.2 Å². The Hall–Kier alpha value is -1.11. The number of nitrogens with zero attached hydrogens (tertiary/aromatic N) is 1. The second-order valence-electron chi connectivity index (χ2n) is 5.97. The molecule has 2 fully saturated rings. The van der Waals surface area contributed by atoms with E-state index in [0.717, 1.165) is 25.3 Å². The van der Waals surface area contributed by atoms with Gasteiger partial charge in [-0.1, -0.05) is 6.92 Å². The van der Waals surface area contributed by atoms with Crippen LogP contribution in [0.3, 0.4) is 0 Å². The molecule has 0 spiro atoms. The molecular formula is C15H23N3O2S. The number of rotatable bonds is 4. The SMILES string of the molecule is CCNS(=O)(=O)c1ccc(N2CC3CNCC3C2C)cc1. The average molecular weight is 309 g/mol. The third kappa shape index (κ3) is 2.67. The fourth-order valence-corrected chi connectivity index (χ4v) is 4.64. The van der Waals surface area contributed by atoms with Crippen molar-refractivity contribution in [1.29, 1.82) is 0 Å². The number of hydrogen-bond donors (Lipinski definition) is 2. The maximum absolute atomic E-state index is 12.0. The molecule has 2 heterocycles. The standard InChI is InChI=1S/C15H23N3O2S/c1-3-17-21(19,20)14-6-4-13(5-7-14)18-10-12-8-16-9-15(12)11(18)2/h4-7,11-12,15-17H,3,8-10H2,1-2H3. The first-order valence-corrected chi connectivity index (χ1v) is 9.08. The Labute approximate surface area is 126 Å². The second-order valence-corrected chi connectivity index (χ2v) is 7.74. The van der Waals surface area contributed by atoms with E-state index >= 15 is 0 Å². The first kappa shape index (κ1) is 14.8. The number of nitrogens with one attached hydrogen (secondary N) is 2. The molecule has 3 atom stereocenters. The number of benzene rings is 1. The lowest BCUT2D eigenvalue weighted by Gasteiger charge is -2.26. The lowest BCUT2D eigenvalue weighted by atomic mass is 9.95. The van der Waals surface area contributed by atoms with Crippen molar-refractivity contribution in [3.8, 4) is 0 Å². The topological polar surface area (TPSA) is 61.4 Å². The molecule has 21 heavy (non-hydrogen) atoms. The van der Waals surface area contributed by atoms with Crippen LogP contribution in [0.25, 0.3) is 0 Å². The Morgan fingerprint density at radius 1 is 1.29 bits per heavy atom. The van der Waals surface area contributed by atoms with E-state index in [2.05, 4.69) is 21.9 Å². The molecule has 0 bridgehead atoms. The minimum atomic E-state index is -3.36. The predicted molar refractivity (Wildman–Crippen MR) is 84.0 cm³/mol. The summed E-state index contributed by atoms with van der Waals surface area (Å²) in [5.74, 6) is 1.42. The quantitative estimate of drug-likeness (QED) is 0.872. The van der Waals surface area contributed by atoms with Crippen molar-refractivity contribution in [1.82, 2.24) is 10.0 Å². The Bertz CT molecular complexity index is 600. The molecule has 2 N–H and O–H groups in total. The van der Waals surface area contributed by atoms with Crippen LogP contribution in [0, 0.1) is 11.8 Å². The van der Waals surface area contributed by atoms with E-state index in [4.69, 9.17) is 0 Å². The van der Waals surface area contributed by atoms with Crippen LogP contribution in [0.1, 0.15) is 13.8 Å². The molecule has 3 unspecified atom stereocenters. The molecule has 2 aliphatic rings. The zero-order chi connectivity index (χ0) is 15.0. The van der Waals surface area contributed by atoms with Crippen LogP contribution in [-0.2, 0) is 10.0 Å². The van der Waals surface area contributed by atoms with E-state index in [1.165, 1.54) is 0 Å². The first-order valence-electron chi connectivity index (χ1n) is 7.60. The molecule has 5 nitrogen and oxygen atoms in total. The molecule has 2 aliphatic heterocycles. The molecular weight excluding hydrogens is 286 g/mol. The first-order chi connectivity index (χ1) is 10.0. The number of sulfonamides is 1. The highest BCUT2D eigenvalue weighted by Crippen LogP contribution is 2.35. The summed E-state index contributed by atoms with van der Waals surface area (Å²) in [4.78, 5) is 2.74. The van der Waals surface area contributed by atoms with Gasteiger partial charge in [0.1, 0.15) is 0 Å². The Balaban J connectivity index is 1.79. The maximum Gasteiger partial charge on any atom is 0.240 e. The van der Waals surface area contributed by atoms with Crippen molar-refractivity contribution in [3.05, 3.63) is 24.3 Å². The summed E-state index contributed by atoms with van der Waals surface area (Å²) in [5.41, 5.74) is 1.12. The normalized spacial score (nSPS) is 28.9. The smallest absolute Gasteiger partial charge is 0.240 e. The van der Waals surface area contributed by atoms with Gasteiger partial charge in [-0.05, 0) is 43.0 Å². The fraction of sp³-hybridized carbons (Fsp3) is 0.600. The van der Waals surface area contributed by atoms with Gasteiger partial charge in [0.2, 0.25) is 10.0 Å². The summed E-state index contributed by atoms with van der Waals surface area (Å²) < 4.78 is 26.4. The molecule has 1 aromatic carbocycles. The summed E-state index contributed by atoms with van der Waals surface area (Å²) in [6, 6.07) is 7.75. The summed E-state index contributed by atoms with van der Waals surface area (Å²) >= 11 is 0. The summed E-state index contributed by atoms with van der Waals surface area (Å²) in [6.07, 6.45) is 0. The minimum Gasteiger partial charge on any atom is -0.368 e. The molecule has 3 rings (SSSR count). The van der Waals surface area contributed by atoms with E-state index in [1.54, 1.807) is 19.1 Å². The maximum atomic E-state index is 12.0. The van der Waals surface area contributed by atoms with Gasteiger partial charge in [-0.25, -0.2) is 13.1 Å². The van der Waals surface area contributed by atoms with Crippen molar-refractivity contribution in [2.75, 3.05) is 31.1 Å². The molecule has 1 aromatic rings. The molecule has 0 amide bonds. The highest BCUT2D eigenvalue weighted by Gasteiger charge is 2.41. The van der Waals surface area contributed by atoms with Crippen molar-refractivity contribution in [2.24, 2.45) is 11.8 Å². The summed E-state index contributed by atoms with van der Waals surface area (Å²) in [7, 11) is -3.36. The zero-order valence-corrected chi connectivity index (χ0v) is 13.4. The van der Waals surface area contributed by atoms with Crippen molar-refractivity contribution in [3.63, 3.8) is 0 Å². The van der Waals surface area contributed by atoms with Gasteiger partial charge in [-0.15, -0.1) is 0 Å². The molecule has 116 valence electrons. The van der Waals surface area contributed by atoms with Gasteiger partial charge in [-0.3, -0.25) is 0 Å². The molecule has 0 aromatic heterocycles. The lowest BCUT2D eigenvalue weighted by molar-refractivity contribution is 0.471. The Kier molecular flexibility index (Phi) is 3.94. The van der Waals surface area contributed by atoms with Crippen molar-refractivity contribution < 1.29 is 8.42 Å². The molecule has 0 radical (unpaired) electrons. The van der Waals surface area contributed by atoms with Gasteiger partial charge in [0.15, 0.2) is 0 Å². The van der Waals surface area contributed by atoms with E-state index in [9.17, 15) is 8.42 Å². The van der Waals surface area contributed by atoms with Crippen LogP contribution in [0.4, 0.5) is 5.69 Å². The third-order valence-corrected chi connectivity index (χ3v) is 6.31. The van der Waals surface area contributed by atoms with Gasteiger partial charge in [0.25, 0.3) is 0 Å². The highest BCUT2D eigenvalue weighted by atomic mass is 32.2. The van der Waals surface area contributed by atoms with Crippen molar-refractivity contribution in [2.45, 2.75) is 24.8 Å². The summed E-state index contributed by atoms with van der Waals surface area (Å²) in [6.45, 7) is 7.70. The van der Waals surface area contributed by atoms with Gasteiger partial charge in [0.05, 0.1) is 4.90 Å². The van der Waals surface area contributed by atoms with Crippen LogP contribution in [-0.4, -0.2) is 40.6 Å². The predicted octanol–water partition coefficient (Wildman–Crippen LogP) is 1.03. The number of anilines is 1. The van der Waals surface area contributed by atoms with E-state index in [-0.39, 0.29) is 0 Å². The zero-order valence-electron chi connectivity index (χ0n) is 12.5. The van der Waals surface area contributed by atoms with E-state index in [0.29, 0.717) is 29.3 Å². The minimum absolute atomic E-state index is 0.335. The van der Waals surface area contributed by atoms with Crippen LogP contribution in [0.15, 0.2) is 29.2 Å². The molecule has 6 heteroatoms. The number of fused-ring (bicyclic) bond motifs is 1. The Morgan fingerprint density at radius 3 is 2.62 bits per heavy atom. The van der Waals surface area contributed by atoms with Gasteiger partial charge >= 0.3 is 0 Å². The van der Waals surface area contributed by atoms with E-state index < -0.39 is 10.0 Å². The van der Waals surface area contributed by atoms with Crippen molar-refractivity contribution >= 4 is 15.7 Å². The molecule has 0 saturated carbocycles. The van der Waals surface area contributed by atoms with Crippen LogP contribution in [0.2, 0.25) is 0 Å². The largest absolute Gasteiger partial charge is 0.368 e. The third-order valence-electron chi connectivity index (χ3n) is 4.75. The van der Waals surface area contributed by atoms with Crippen LogP contribution in [0.5, 0.6) is 0 Å². The fourth-order valence-electron chi connectivity index (χ4n) is 3.60. The average Bonchev–Trinajstić information content (AvgIpc) is 3.02. The molecule has 2 saturated heterocycles. The van der Waals surface area contributed by atoms with Gasteiger partial charge in [-0.2, -0.15) is 0 Å². The van der Waals surface area contributed by atoms with Gasteiger partial charge in [0, 0.05) is 37.9 Å². The Morgan fingerprint density at radius 2 is 2.00 bits per heavy atom. The van der Waals surface area contributed by atoms with Crippen LogP contribution < -0.4 is 14.9 Å². The number of hydrogen-bond acceptors (Lipinski definition) is 4. The van der Waals surface area contributed by atoms with E-state index in [1.807, 2.05) is 12.1 Å². The lowest BCUT2D eigenvalue weighted by Crippen LogP contribution is -2.33.